The average Bonchev–Trinajstić information content (AvgIpc) is 2.99. The molecule has 0 aliphatic carbocycles. The van der Waals surface area contributed by atoms with Gasteiger partial charge in [-0.15, -0.1) is 0 Å². The largest absolute Gasteiger partial charge is 0.478 e. The van der Waals surface area contributed by atoms with Crippen molar-refractivity contribution in [2.24, 2.45) is 0 Å². The molecule has 0 bridgehead atoms. The van der Waals surface area contributed by atoms with Gasteiger partial charge in [-0.3, -0.25) is 38.8 Å². The number of nitrogens with zero attached hydrogens (tertiary/aromatic N) is 4. The zero-order valence-electron chi connectivity index (χ0n) is 36.2. The summed E-state index contributed by atoms with van der Waals surface area (Å²) in [5.74, 6) is -2.52. The van der Waals surface area contributed by atoms with E-state index in [2.05, 4.69) is 4.90 Å². The fourth-order valence-corrected chi connectivity index (χ4v) is 6.25. The Labute approximate surface area is 335 Å². The Hall–Kier alpha value is -3.59. The maximum Gasteiger partial charge on any atom is 0.335 e. The van der Waals surface area contributed by atoms with Gasteiger partial charge in [-0.25, -0.2) is 4.79 Å². The van der Waals surface area contributed by atoms with Gasteiger partial charge in [0.15, 0.2) is 0 Å². The van der Waals surface area contributed by atoms with Crippen LogP contribution in [0.25, 0.3) is 0 Å². The number of carbonyl (C=O) groups is 5. The summed E-state index contributed by atoms with van der Waals surface area (Å²) in [6, 6.07) is 6.56. The molecule has 1 fully saturated rings. The number of hydrogen-bond donors (Lipinski definition) is 1. The quantitative estimate of drug-likeness (QED) is 0.218. The van der Waals surface area contributed by atoms with Gasteiger partial charge in [0.05, 0.1) is 31.7 Å². The summed E-state index contributed by atoms with van der Waals surface area (Å²) in [7, 11) is 0. The lowest BCUT2D eigenvalue weighted by molar-refractivity contribution is -0.160. The molecular weight excluding hydrogens is 720 g/mol. The molecule has 1 saturated heterocycles. The summed E-state index contributed by atoms with van der Waals surface area (Å²) in [6.07, 6.45) is 1.99. The van der Waals surface area contributed by atoms with Crippen LogP contribution in [0.2, 0.25) is 0 Å². The van der Waals surface area contributed by atoms with E-state index in [1.165, 1.54) is 0 Å². The van der Waals surface area contributed by atoms with Crippen LogP contribution in [0.5, 0.6) is 0 Å². The second-order valence-corrected chi connectivity index (χ2v) is 18.7. The van der Waals surface area contributed by atoms with Gasteiger partial charge in [0.25, 0.3) is 0 Å². The first-order chi connectivity index (χ1) is 25.7. The van der Waals surface area contributed by atoms with Gasteiger partial charge < -0.3 is 24.1 Å². The Kier molecular flexibility index (Phi) is 18.4. The summed E-state index contributed by atoms with van der Waals surface area (Å²) in [5, 5.41) is 9.36. The Morgan fingerprint density at radius 3 is 1.30 bits per heavy atom. The first-order valence-electron chi connectivity index (χ1n) is 19.8. The highest BCUT2D eigenvalue weighted by Gasteiger charge is 2.30. The summed E-state index contributed by atoms with van der Waals surface area (Å²) < 4.78 is 22.9. The van der Waals surface area contributed by atoms with Crippen LogP contribution in [0, 0.1) is 0 Å². The molecule has 1 atom stereocenters. The number of aromatic carboxylic acids is 1. The van der Waals surface area contributed by atoms with E-state index in [0.29, 0.717) is 65.1 Å². The minimum Gasteiger partial charge on any atom is -0.478 e. The first kappa shape index (κ1) is 48.6. The summed E-state index contributed by atoms with van der Waals surface area (Å²) in [4.78, 5) is 72.5. The molecule has 14 heteroatoms. The highest BCUT2D eigenvalue weighted by atomic mass is 16.6. The van der Waals surface area contributed by atoms with E-state index in [-0.39, 0.29) is 61.7 Å². The number of ether oxygens (including phenoxy) is 4. The third-order valence-electron chi connectivity index (χ3n) is 8.43. The van der Waals surface area contributed by atoms with Gasteiger partial charge >= 0.3 is 29.8 Å². The molecule has 2 rings (SSSR count). The van der Waals surface area contributed by atoms with Crippen molar-refractivity contribution in [3.05, 3.63) is 35.4 Å². The van der Waals surface area contributed by atoms with Crippen molar-refractivity contribution in [2.45, 2.75) is 131 Å². The Morgan fingerprint density at radius 1 is 0.554 bits per heavy atom. The van der Waals surface area contributed by atoms with Crippen molar-refractivity contribution < 1.29 is 48.0 Å². The molecule has 318 valence electrons. The second-order valence-electron chi connectivity index (χ2n) is 18.7. The van der Waals surface area contributed by atoms with Crippen molar-refractivity contribution >= 4 is 29.8 Å². The fourth-order valence-electron chi connectivity index (χ4n) is 6.25. The van der Waals surface area contributed by atoms with Crippen LogP contribution in [-0.2, 0) is 44.5 Å². The monoisotopic (exact) mass is 791 g/mol. The van der Waals surface area contributed by atoms with E-state index in [0.717, 1.165) is 5.56 Å². The van der Waals surface area contributed by atoms with Crippen molar-refractivity contribution in [2.75, 3.05) is 72.0 Å². The summed E-state index contributed by atoms with van der Waals surface area (Å²) in [5.41, 5.74) is -1.55. The smallest absolute Gasteiger partial charge is 0.335 e. The van der Waals surface area contributed by atoms with E-state index in [9.17, 15) is 29.1 Å². The average molecular weight is 791 g/mol. The molecule has 1 N–H and O–H groups in total. The Bertz CT molecular complexity index is 1440. The number of carbonyl (C=O) groups excluding carboxylic acids is 4. The maximum atomic E-state index is 13.5. The van der Waals surface area contributed by atoms with Crippen molar-refractivity contribution in [3.8, 4) is 0 Å². The van der Waals surface area contributed by atoms with E-state index >= 15 is 0 Å². The third-order valence-corrected chi connectivity index (χ3v) is 8.43. The molecule has 0 radical (unpaired) electrons. The number of esters is 4. The normalized spacial score (nSPS) is 18.0. The van der Waals surface area contributed by atoms with Crippen molar-refractivity contribution in [1.29, 1.82) is 0 Å². The molecule has 1 aromatic rings. The van der Waals surface area contributed by atoms with Crippen LogP contribution in [0.4, 0.5) is 0 Å². The van der Waals surface area contributed by atoms with Gasteiger partial charge in [0.2, 0.25) is 0 Å². The van der Waals surface area contributed by atoms with Gasteiger partial charge in [-0.2, -0.15) is 0 Å². The zero-order chi connectivity index (χ0) is 42.5. The minimum atomic E-state index is -0.988. The standard InChI is InChI=1S/C42H70N4O10/c1-39(2,3)53-34(47)27-43-20-21-44(28-35(48)54-40(4,5)6)24-25-46(30-37(50)56-42(10,11)12)33(15-13-14-31-16-18-32(19-17-31)38(51)52)26-45(23-22-43)29-36(49)55-41(7,8)9/h16-19,33H,13-15,20-30H2,1-12H3,(H,51,52). The zero-order valence-corrected chi connectivity index (χ0v) is 36.2. The highest BCUT2D eigenvalue weighted by Crippen LogP contribution is 2.18. The van der Waals surface area contributed by atoms with Crippen LogP contribution >= 0.6 is 0 Å². The number of carboxylic acid groups (broad SMARTS) is 1. The molecule has 1 heterocycles. The molecule has 1 aliphatic rings. The molecule has 1 aliphatic heterocycles. The van der Waals surface area contributed by atoms with E-state index in [4.69, 9.17) is 18.9 Å². The SMILES string of the molecule is CC(C)(C)OC(=O)CN1CCN(CC(=O)OC(C)(C)C)CCN(CC(=O)OC(C)(C)C)C(CCCc2ccc(C(=O)O)cc2)CN(CC(=O)OC(C)(C)C)CC1. The topological polar surface area (TPSA) is 155 Å². The van der Waals surface area contributed by atoms with Crippen molar-refractivity contribution in [3.63, 3.8) is 0 Å². The molecule has 56 heavy (non-hydrogen) atoms. The fraction of sp³-hybridized carbons (Fsp3) is 0.738. The van der Waals surface area contributed by atoms with Crippen molar-refractivity contribution in [1.82, 2.24) is 19.6 Å². The van der Waals surface area contributed by atoms with Crippen LogP contribution in [0.1, 0.15) is 112 Å². The molecule has 0 aromatic heterocycles. The number of hydrogen-bond acceptors (Lipinski definition) is 13. The van der Waals surface area contributed by atoms with Gasteiger partial charge in [-0.1, -0.05) is 12.1 Å². The molecule has 0 amide bonds. The predicted molar refractivity (Wildman–Crippen MR) is 214 cm³/mol. The van der Waals surface area contributed by atoms with Crippen LogP contribution < -0.4 is 0 Å². The van der Waals surface area contributed by atoms with Crippen LogP contribution in [-0.4, -0.2) is 155 Å². The second kappa shape index (κ2) is 21.2. The number of rotatable bonds is 13. The first-order valence-corrected chi connectivity index (χ1v) is 19.8. The number of aryl methyl sites for hydroxylation is 1. The molecule has 1 aromatic carbocycles. The van der Waals surface area contributed by atoms with E-state index in [1.807, 2.05) is 110 Å². The molecule has 0 saturated carbocycles. The minimum absolute atomic E-state index is 0.00422. The summed E-state index contributed by atoms with van der Waals surface area (Å²) >= 11 is 0. The lowest BCUT2D eigenvalue weighted by atomic mass is 10.0. The third kappa shape index (κ3) is 21.6. The number of benzene rings is 1. The molecule has 1 unspecified atom stereocenters. The molecular formula is C42H70N4O10. The lowest BCUT2D eigenvalue weighted by Gasteiger charge is -2.38. The Balaban J connectivity index is 2.56. The van der Waals surface area contributed by atoms with E-state index < -0.39 is 28.4 Å². The highest BCUT2D eigenvalue weighted by molar-refractivity contribution is 5.87. The van der Waals surface area contributed by atoms with E-state index in [1.54, 1.807) is 12.1 Å². The van der Waals surface area contributed by atoms with Gasteiger partial charge in [0, 0.05) is 51.9 Å². The maximum absolute atomic E-state index is 13.5. The molecule has 0 spiro atoms. The van der Waals surface area contributed by atoms with Crippen LogP contribution in [0.3, 0.4) is 0 Å². The van der Waals surface area contributed by atoms with Gasteiger partial charge in [0.1, 0.15) is 22.4 Å². The molecule has 14 nitrogen and oxygen atoms in total. The van der Waals surface area contributed by atoms with Crippen LogP contribution in [0.15, 0.2) is 24.3 Å². The number of carboxylic acids is 1. The van der Waals surface area contributed by atoms with Gasteiger partial charge in [-0.05, 0) is 120 Å². The predicted octanol–water partition coefficient (Wildman–Crippen LogP) is 4.66. The Morgan fingerprint density at radius 2 is 0.911 bits per heavy atom. The lowest BCUT2D eigenvalue weighted by Crippen LogP contribution is -2.53. The summed E-state index contributed by atoms with van der Waals surface area (Å²) in [6.45, 7) is 24.7.